The molecule has 0 fully saturated rings. The van der Waals surface area contributed by atoms with Crippen molar-refractivity contribution in [3.8, 4) is 11.4 Å². The maximum absolute atomic E-state index is 13.4. The summed E-state index contributed by atoms with van der Waals surface area (Å²) in [5.74, 6) is 1.69. The third-order valence-electron chi connectivity index (χ3n) is 6.71. The van der Waals surface area contributed by atoms with Crippen LogP contribution in [0.25, 0.3) is 17.0 Å². The van der Waals surface area contributed by atoms with Crippen LogP contribution in [0.15, 0.2) is 47.2 Å². The number of halogens is 3. The molecule has 0 radical (unpaired) electrons. The van der Waals surface area contributed by atoms with Gasteiger partial charge in [0.2, 0.25) is 0 Å². The Balaban J connectivity index is 1.17. The zero-order valence-electron chi connectivity index (χ0n) is 20.3. The minimum atomic E-state index is -4.49. The Morgan fingerprint density at radius 2 is 1.89 bits per heavy atom. The minimum absolute atomic E-state index is 0.0241. The first-order chi connectivity index (χ1) is 17.2. The van der Waals surface area contributed by atoms with Crippen molar-refractivity contribution in [1.29, 1.82) is 0 Å². The van der Waals surface area contributed by atoms with Crippen molar-refractivity contribution >= 4 is 28.7 Å². The minimum Gasteiger partial charge on any atom is -0.305 e. The highest BCUT2D eigenvalue weighted by atomic mass is 32.2. The second-order valence-corrected chi connectivity index (χ2v) is 10.2. The first-order valence-corrected chi connectivity index (χ1v) is 12.9. The largest absolute Gasteiger partial charge is 0.433 e. The third-order valence-corrected chi connectivity index (χ3v) is 7.82. The van der Waals surface area contributed by atoms with Gasteiger partial charge in [-0.15, -0.1) is 10.2 Å². The molecule has 10 heteroatoms. The second-order valence-electron chi connectivity index (χ2n) is 9.13. The number of alkyl halides is 3. The highest BCUT2D eigenvalue weighted by Crippen LogP contribution is 2.43. The topological polar surface area (TPSA) is 59.2 Å². The van der Waals surface area contributed by atoms with Gasteiger partial charge in [0.15, 0.2) is 16.7 Å². The van der Waals surface area contributed by atoms with Gasteiger partial charge in [-0.1, -0.05) is 30.5 Å². The van der Waals surface area contributed by atoms with Crippen LogP contribution in [-0.2, 0) is 19.9 Å². The Kier molecular flexibility index (Phi) is 6.74. The zero-order valence-corrected chi connectivity index (χ0v) is 21.1. The summed E-state index contributed by atoms with van der Waals surface area (Å²) < 4.78 is 42.1. The van der Waals surface area contributed by atoms with Gasteiger partial charge in [-0.25, -0.2) is 4.99 Å². The Bertz CT molecular complexity index is 1330. The Hall–Kier alpha value is -2.98. The first-order valence-electron chi connectivity index (χ1n) is 11.9. The summed E-state index contributed by atoms with van der Waals surface area (Å²) >= 11 is 1.67. The Morgan fingerprint density at radius 3 is 2.64 bits per heavy atom. The van der Waals surface area contributed by atoms with E-state index in [1.165, 1.54) is 0 Å². The van der Waals surface area contributed by atoms with Gasteiger partial charge in [0.25, 0.3) is 0 Å². The van der Waals surface area contributed by atoms with Crippen molar-refractivity contribution in [3.63, 3.8) is 0 Å². The molecule has 0 amide bonds. The van der Waals surface area contributed by atoms with Gasteiger partial charge in [-0.3, -0.25) is 4.98 Å². The molecule has 2 aliphatic heterocycles. The molecular weight excluding hydrogens is 485 g/mol. The van der Waals surface area contributed by atoms with Crippen molar-refractivity contribution in [3.05, 3.63) is 59.4 Å². The molecule has 5 rings (SSSR count). The van der Waals surface area contributed by atoms with Crippen LogP contribution in [-0.4, -0.2) is 61.9 Å². The number of thioether (sulfide) groups is 1. The average molecular weight is 513 g/mol. The summed E-state index contributed by atoms with van der Waals surface area (Å²) in [6.07, 6.45) is -0.217. The van der Waals surface area contributed by atoms with Gasteiger partial charge in [0, 0.05) is 54.5 Å². The molecular formula is C26H27F3N6S. The maximum atomic E-state index is 13.4. The summed E-state index contributed by atoms with van der Waals surface area (Å²) in [7, 11) is 1.96. The number of nitrogens with zero attached hydrogens (tertiary/aromatic N) is 6. The fraction of sp³-hybridized carbons (Fsp3) is 0.385. The number of benzene rings is 1. The first kappa shape index (κ1) is 24.7. The molecule has 0 unspecified atom stereocenters. The van der Waals surface area contributed by atoms with Gasteiger partial charge in [-0.2, -0.15) is 13.2 Å². The number of hydrogen-bond donors (Lipinski definition) is 0. The zero-order chi connectivity index (χ0) is 25.4. The summed E-state index contributed by atoms with van der Waals surface area (Å²) in [6.45, 7) is 8.20. The summed E-state index contributed by atoms with van der Waals surface area (Å²) in [5.41, 5.74) is 4.00. The van der Waals surface area contributed by atoms with E-state index in [1.54, 1.807) is 17.8 Å². The van der Waals surface area contributed by atoms with E-state index in [0.29, 0.717) is 17.7 Å². The lowest BCUT2D eigenvalue weighted by Crippen LogP contribution is -2.27. The van der Waals surface area contributed by atoms with Crippen LogP contribution in [0.4, 0.5) is 18.9 Å². The summed E-state index contributed by atoms with van der Waals surface area (Å²) in [6, 6.07) is 7.65. The van der Waals surface area contributed by atoms with E-state index in [0.717, 1.165) is 71.6 Å². The molecule has 0 N–H and O–H groups in total. The SMILES string of the molecule is C=C1C(C(F)(F)F)=Nc2c1ccc1c2CCN(CCCSc2nnc(-c3ccc(C)nc3)n2C)CC1. The highest BCUT2D eigenvalue weighted by molar-refractivity contribution is 7.99. The van der Waals surface area contributed by atoms with Crippen LogP contribution in [0.2, 0.25) is 0 Å². The van der Waals surface area contributed by atoms with E-state index in [2.05, 4.69) is 31.7 Å². The molecule has 36 heavy (non-hydrogen) atoms. The standard InChI is InChI=1S/C26H27F3N6S/c1-16-5-6-19(15-30-16)24-32-33-25(34(24)3)36-14-4-11-35-12-9-18-7-8-20-17(2)23(26(27,28)29)31-22(20)21(18)10-13-35/h5-8,15H,2,4,9-14H2,1,3H3. The van der Waals surface area contributed by atoms with Crippen molar-refractivity contribution < 1.29 is 13.2 Å². The number of pyridine rings is 1. The predicted octanol–water partition coefficient (Wildman–Crippen LogP) is 5.43. The fourth-order valence-electron chi connectivity index (χ4n) is 4.73. The fourth-order valence-corrected chi connectivity index (χ4v) is 5.57. The van der Waals surface area contributed by atoms with Crippen molar-refractivity contribution in [2.24, 2.45) is 12.0 Å². The van der Waals surface area contributed by atoms with Gasteiger partial charge < -0.3 is 9.47 Å². The van der Waals surface area contributed by atoms with Crippen LogP contribution < -0.4 is 0 Å². The molecule has 6 nitrogen and oxygen atoms in total. The molecule has 4 heterocycles. The Labute approximate surface area is 212 Å². The lowest BCUT2D eigenvalue weighted by Gasteiger charge is -2.19. The number of hydrogen-bond acceptors (Lipinski definition) is 6. The molecule has 0 saturated carbocycles. The normalized spacial score (nSPS) is 16.0. The smallest absolute Gasteiger partial charge is 0.305 e. The lowest BCUT2D eigenvalue weighted by atomic mass is 9.95. The summed E-state index contributed by atoms with van der Waals surface area (Å²) in [4.78, 5) is 10.7. The molecule has 0 atom stereocenters. The number of fused-ring (bicyclic) bond motifs is 3. The molecule has 0 bridgehead atoms. The molecule has 3 aromatic rings. The number of rotatable bonds is 6. The molecule has 0 saturated heterocycles. The van der Waals surface area contributed by atoms with Gasteiger partial charge in [0.05, 0.1) is 5.69 Å². The van der Waals surface area contributed by atoms with Gasteiger partial charge in [-0.05, 0) is 56.0 Å². The maximum Gasteiger partial charge on any atom is 0.433 e. The molecule has 0 aliphatic carbocycles. The van der Waals surface area contributed by atoms with E-state index >= 15 is 0 Å². The van der Waals surface area contributed by atoms with Gasteiger partial charge in [0.1, 0.15) is 0 Å². The van der Waals surface area contributed by atoms with E-state index in [-0.39, 0.29) is 5.57 Å². The average Bonchev–Trinajstić information content (AvgIpc) is 3.30. The van der Waals surface area contributed by atoms with Crippen molar-refractivity contribution in [2.45, 2.75) is 37.5 Å². The number of aliphatic imine (C=N–C) groups is 1. The molecule has 188 valence electrons. The van der Waals surface area contributed by atoms with E-state index in [1.807, 2.05) is 42.9 Å². The summed E-state index contributed by atoms with van der Waals surface area (Å²) in [5, 5.41) is 9.53. The van der Waals surface area contributed by atoms with E-state index in [9.17, 15) is 13.2 Å². The highest BCUT2D eigenvalue weighted by Gasteiger charge is 2.42. The van der Waals surface area contributed by atoms with E-state index in [4.69, 9.17) is 0 Å². The van der Waals surface area contributed by atoms with Gasteiger partial charge >= 0.3 is 6.18 Å². The number of aromatic nitrogens is 4. The van der Waals surface area contributed by atoms with Crippen molar-refractivity contribution in [1.82, 2.24) is 24.6 Å². The van der Waals surface area contributed by atoms with Crippen LogP contribution in [0.3, 0.4) is 0 Å². The van der Waals surface area contributed by atoms with Crippen LogP contribution >= 0.6 is 11.8 Å². The molecule has 0 spiro atoms. The molecule has 2 aliphatic rings. The Morgan fingerprint density at radius 1 is 1.08 bits per heavy atom. The quantitative estimate of drug-likeness (QED) is 0.326. The predicted molar refractivity (Wildman–Crippen MR) is 137 cm³/mol. The second kappa shape index (κ2) is 9.82. The third kappa shape index (κ3) is 4.84. The van der Waals surface area contributed by atoms with E-state index < -0.39 is 11.9 Å². The monoisotopic (exact) mass is 512 g/mol. The molecule has 2 aromatic heterocycles. The number of aryl methyl sites for hydroxylation is 1. The number of allylic oxidation sites excluding steroid dienone is 1. The van der Waals surface area contributed by atoms with Crippen LogP contribution in [0.1, 0.15) is 28.8 Å². The lowest BCUT2D eigenvalue weighted by molar-refractivity contribution is -0.0569. The van der Waals surface area contributed by atoms with Crippen molar-refractivity contribution in [2.75, 3.05) is 25.4 Å². The molecule has 1 aromatic carbocycles. The van der Waals surface area contributed by atoms with Crippen LogP contribution in [0, 0.1) is 6.92 Å². The van der Waals surface area contributed by atoms with Crippen LogP contribution in [0.5, 0.6) is 0 Å².